The van der Waals surface area contributed by atoms with Crippen LogP contribution in [0.25, 0.3) is 10.8 Å². The van der Waals surface area contributed by atoms with Crippen molar-refractivity contribution in [1.29, 1.82) is 0 Å². The molecule has 0 spiro atoms. The highest BCUT2D eigenvalue weighted by molar-refractivity contribution is 7.14. The van der Waals surface area contributed by atoms with Gasteiger partial charge in [-0.25, -0.2) is 0 Å². The molecular formula is C8H9N3OS. The van der Waals surface area contributed by atoms with Gasteiger partial charge in [-0.15, -0.1) is 10.2 Å². The summed E-state index contributed by atoms with van der Waals surface area (Å²) in [6.07, 6.45) is 1.61. The molecule has 0 radical (unpaired) electrons. The number of nitrogens with two attached hydrogens (primary N) is 1. The fraction of sp³-hybridized carbons (Fsp3) is 0.250. The fourth-order valence-electron chi connectivity index (χ4n) is 0.918. The average Bonchev–Trinajstić information content (AvgIpc) is 2.75. The second-order valence-corrected chi connectivity index (χ2v) is 3.72. The van der Waals surface area contributed by atoms with E-state index in [0.717, 1.165) is 15.8 Å². The topological polar surface area (TPSA) is 64.9 Å². The highest BCUT2D eigenvalue weighted by Gasteiger charge is 2.10. The molecule has 68 valence electrons. The largest absolute Gasteiger partial charge is 0.462 e. The normalized spacial score (nSPS) is 13.1. The zero-order chi connectivity index (χ0) is 9.26. The number of hydrogen-bond donors (Lipinski definition) is 1. The van der Waals surface area contributed by atoms with E-state index in [1.54, 1.807) is 6.26 Å². The number of rotatable bonds is 2. The molecule has 0 fully saturated rings. The molecule has 5 heteroatoms. The Kier molecular flexibility index (Phi) is 2.12. The second kappa shape index (κ2) is 3.27. The number of nitrogens with zero attached hydrogens (tertiary/aromatic N) is 2. The molecule has 2 N–H and O–H groups in total. The molecule has 0 saturated heterocycles. The number of aromatic nitrogens is 2. The Hall–Kier alpha value is -1.20. The van der Waals surface area contributed by atoms with Gasteiger partial charge in [0.25, 0.3) is 0 Å². The lowest BCUT2D eigenvalue weighted by atomic mass is 10.4. The maximum Gasteiger partial charge on any atom is 0.183 e. The molecule has 0 aromatic carbocycles. The van der Waals surface area contributed by atoms with Gasteiger partial charge in [-0.2, -0.15) is 0 Å². The van der Waals surface area contributed by atoms with E-state index in [0.29, 0.717) is 0 Å². The van der Waals surface area contributed by atoms with Crippen molar-refractivity contribution >= 4 is 11.3 Å². The zero-order valence-corrected chi connectivity index (χ0v) is 7.91. The molecule has 0 aliphatic heterocycles. The summed E-state index contributed by atoms with van der Waals surface area (Å²) in [5.74, 6) is 0.740. The highest BCUT2D eigenvalue weighted by Crippen LogP contribution is 2.25. The van der Waals surface area contributed by atoms with Crippen LogP contribution in [0.3, 0.4) is 0 Å². The van der Waals surface area contributed by atoms with Crippen LogP contribution in [0, 0.1) is 0 Å². The van der Waals surface area contributed by atoms with E-state index >= 15 is 0 Å². The predicted octanol–water partition coefficient (Wildman–Crippen LogP) is 1.82. The molecule has 1 unspecified atom stereocenters. The Morgan fingerprint density at radius 1 is 1.54 bits per heavy atom. The second-order valence-electron chi connectivity index (χ2n) is 2.71. The summed E-state index contributed by atoms with van der Waals surface area (Å²) in [7, 11) is 0. The molecule has 2 aromatic rings. The Morgan fingerprint density at radius 2 is 2.38 bits per heavy atom. The van der Waals surface area contributed by atoms with Crippen LogP contribution >= 0.6 is 11.3 Å². The Bertz CT molecular complexity index is 380. The first-order valence-corrected chi connectivity index (χ1v) is 4.72. The lowest BCUT2D eigenvalue weighted by Crippen LogP contribution is -2.03. The first-order valence-electron chi connectivity index (χ1n) is 3.90. The van der Waals surface area contributed by atoms with Crippen molar-refractivity contribution in [1.82, 2.24) is 10.2 Å². The van der Waals surface area contributed by atoms with Gasteiger partial charge in [-0.05, 0) is 19.1 Å². The number of furan rings is 1. The summed E-state index contributed by atoms with van der Waals surface area (Å²) >= 11 is 1.46. The van der Waals surface area contributed by atoms with E-state index < -0.39 is 0 Å². The van der Waals surface area contributed by atoms with Gasteiger partial charge >= 0.3 is 0 Å². The van der Waals surface area contributed by atoms with E-state index in [2.05, 4.69) is 10.2 Å². The van der Waals surface area contributed by atoms with Crippen LogP contribution in [-0.4, -0.2) is 10.2 Å². The molecule has 0 aliphatic carbocycles. The van der Waals surface area contributed by atoms with Gasteiger partial charge < -0.3 is 10.2 Å². The molecule has 0 bridgehead atoms. The smallest absolute Gasteiger partial charge is 0.183 e. The van der Waals surface area contributed by atoms with Crippen molar-refractivity contribution in [3.63, 3.8) is 0 Å². The summed E-state index contributed by atoms with van der Waals surface area (Å²) in [5, 5.41) is 9.53. The minimum atomic E-state index is -0.0683. The minimum Gasteiger partial charge on any atom is -0.462 e. The third-order valence-electron chi connectivity index (χ3n) is 1.56. The summed E-state index contributed by atoms with van der Waals surface area (Å²) in [4.78, 5) is 0. The van der Waals surface area contributed by atoms with Crippen LogP contribution < -0.4 is 5.73 Å². The van der Waals surface area contributed by atoms with Crippen molar-refractivity contribution in [3.05, 3.63) is 23.4 Å². The summed E-state index contributed by atoms with van der Waals surface area (Å²) in [6.45, 7) is 1.88. The lowest BCUT2D eigenvalue weighted by Gasteiger charge is -1.93. The van der Waals surface area contributed by atoms with E-state index in [1.807, 2.05) is 19.1 Å². The molecule has 4 nitrogen and oxygen atoms in total. The lowest BCUT2D eigenvalue weighted by molar-refractivity contribution is 0.581. The fourth-order valence-corrected chi connectivity index (χ4v) is 1.68. The molecule has 2 heterocycles. The average molecular weight is 195 g/mol. The maximum absolute atomic E-state index is 5.66. The van der Waals surface area contributed by atoms with Gasteiger partial charge in [0.2, 0.25) is 0 Å². The molecule has 2 aromatic heterocycles. The van der Waals surface area contributed by atoms with Crippen LogP contribution in [0.1, 0.15) is 18.0 Å². The molecule has 13 heavy (non-hydrogen) atoms. The molecule has 0 aliphatic rings. The van der Waals surface area contributed by atoms with Gasteiger partial charge in [0, 0.05) is 0 Å². The molecule has 1 atom stereocenters. The Balaban J connectivity index is 2.33. The first-order chi connectivity index (χ1) is 6.27. The molecule has 0 saturated carbocycles. The predicted molar refractivity (Wildman–Crippen MR) is 50.2 cm³/mol. The molecule has 0 amide bonds. The van der Waals surface area contributed by atoms with E-state index in [9.17, 15) is 0 Å². The monoisotopic (exact) mass is 195 g/mol. The quantitative estimate of drug-likeness (QED) is 0.793. The van der Waals surface area contributed by atoms with E-state index in [-0.39, 0.29) is 6.04 Å². The van der Waals surface area contributed by atoms with Crippen molar-refractivity contribution in [2.24, 2.45) is 5.73 Å². The van der Waals surface area contributed by atoms with E-state index in [1.165, 1.54) is 11.3 Å². The minimum absolute atomic E-state index is 0.0683. The Morgan fingerprint density at radius 3 is 2.92 bits per heavy atom. The SMILES string of the molecule is CC(N)c1nnc(-c2ccco2)s1. The standard InChI is InChI=1S/C8H9N3OS/c1-5(9)7-10-11-8(13-7)6-3-2-4-12-6/h2-5H,9H2,1H3. The third-order valence-corrected chi connectivity index (χ3v) is 2.70. The van der Waals surface area contributed by atoms with Gasteiger partial charge in [-0.3, -0.25) is 0 Å². The van der Waals surface area contributed by atoms with Crippen molar-refractivity contribution in [2.75, 3.05) is 0 Å². The summed E-state index contributed by atoms with van der Waals surface area (Å²) < 4.78 is 5.18. The van der Waals surface area contributed by atoms with Gasteiger partial charge in [0.1, 0.15) is 5.01 Å². The van der Waals surface area contributed by atoms with Crippen molar-refractivity contribution in [2.45, 2.75) is 13.0 Å². The highest BCUT2D eigenvalue weighted by atomic mass is 32.1. The van der Waals surface area contributed by atoms with Crippen molar-refractivity contribution in [3.8, 4) is 10.8 Å². The van der Waals surface area contributed by atoms with Crippen molar-refractivity contribution < 1.29 is 4.42 Å². The summed E-state index contributed by atoms with van der Waals surface area (Å²) in [6, 6.07) is 3.61. The zero-order valence-electron chi connectivity index (χ0n) is 7.10. The number of hydrogen-bond acceptors (Lipinski definition) is 5. The van der Waals surface area contributed by atoms with Crippen LogP contribution in [0.5, 0.6) is 0 Å². The van der Waals surface area contributed by atoms with E-state index in [4.69, 9.17) is 10.2 Å². The molecule has 2 rings (SSSR count). The van der Waals surface area contributed by atoms with Crippen LogP contribution in [0.15, 0.2) is 22.8 Å². The molecular weight excluding hydrogens is 186 g/mol. The van der Waals surface area contributed by atoms with Crippen LogP contribution in [0.4, 0.5) is 0 Å². The van der Waals surface area contributed by atoms with Crippen LogP contribution in [0.2, 0.25) is 0 Å². The Labute approximate surface area is 79.4 Å². The first kappa shape index (κ1) is 8.40. The maximum atomic E-state index is 5.66. The van der Waals surface area contributed by atoms with Gasteiger partial charge in [0.05, 0.1) is 12.3 Å². The van der Waals surface area contributed by atoms with Crippen LogP contribution in [-0.2, 0) is 0 Å². The van der Waals surface area contributed by atoms with Gasteiger partial charge in [-0.1, -0.05) is 11.3 Å². The third kappa shape index (κ3) is 1.61. The van der Waals surface area contributed by atoms with Gasteiger partial charge in [0.15, 0.2) is 10.8 Å². The summed E-state index contributed by atoms with van der Waals surface area (Å²) in [5.41, 5.74) is 5.66.